The lowest BCUT2D eigenvalue weighted by atomic mass is 10.1. The molecule has 0 aliphatic rings. The predicted octanol–water partition coefficient (Wildman–Crippen LogP) is 3.52. The predicted molar refractivity (Wildman–Crippen MR) is 106 cm³/mol. The van der Waals surface area contributed by atoms with Crippen molar-refractivity contribution in [3.8, 4) is 5.75 Å². The first-order valence-electron chi connectivity index (χ1n) is 7.88. The molecular formula is C18H20Cl2N2O4S. The van der Waals surface area contributed by atoms with Gasteiger partial charge in [-0.05, 0) is 36.4 Å². The molecule has 0 radical (unpaired) electrons. The minimum atomic E-state index is -3.68. The zero-order chi connectivity index (χ0) is 20.4. The number of amides is 1. The summed E-state index contributed by atoms with van der Waals surface area (Å²) < 4.78 is 31.0. The van der Waals surface area contributed by atoms with Gasteiger partial charge in [-0.3, -0.25) is 4.79 Å². The molecule has 0 aromatic heterocycles. The number of hydrogen-bond donors (Lipinski definition) is 0. The highest BCUT2D eigenvalue weighted by molar-refractivity contribution is 7.89. The molecule has 0 fully saturated rings. The van der Waals surface area contributed by atoms with Crippen LogP contribution in [-0.2, 0) is 16.6 Å². The first-order chi connectivity index (χ1) is 12.6. The van der Waals surface area contributed by atoms with Gasteiger partial charge in [-0.1, -0.05) is 23.2 Å². The molecule has 2 rings (SSSR count). The number of halogens is 2. The number of hydrogen-bond acceptors (Lipinski definition) is 4. The highest BCUT2D eigenvalue weighted by atomic mass is 35.5. The Bertz CT molecular complexity index is 962. The smallest absolute Gasteiger partial charge is 0.255 e. The third kappa shape index (κ3) is 4.73. The number of benzene rings is 2. The van der Waals surface area contributed by atoms with E-state index in [4.69, 9.17) is 27.9 Å². The van der Waals surface area contributed by atoms with Crippen molar-refractivity contribution in [3.05, 3.63) is 57.6 Å². The van der Waals surface area contributed by atoms with Gasteiger partial charge in [0.05, 0.1) is 22.6 Å². The van der Waals surface area contributed by atoms with Crippen LogP contribution in [0.2, 0.25) is 10.0 Å². The normalized spacial score (nSPS) is 11.5. The van der Waals surface area contributed by atoms with Crippen molar-refractivity contribution < 1.29 is 17.9 Å². The van der Waals surface area contributed by atoms with E-state index in [9.17, 15) is 13.2 Å². The van der Waals surface area contributed by atoms with Crippen LogP contribution in [-0.4, -0.2) is 51.8 Å². The van der Waals surface area contributed by atoms with Gasteiger partial charge in [0.1, 0.15) is 5.75 Å². The average Bonchev–Trinajstić information content (AvgIpc) is 2.61. The molecule has 0 aliphatic carbocycles. The number of carbonyl (C=O) groups is 1. The quantitative estimate of drug-likeness (QED) is 0.702. The molecule has 0 unspecified atom stereocenters. The van der Waals surface area contributed by atoms with E-state index in [0.717, 1.165) is 4.31 Å². The molecule has 0 heterocycles. The summed E-state index contributed by atoms with van der Waals surface area (Å²) in [4.78, 5) is 14.3. The van der Waals surface area contributed by atoms with Crippen molar-refractivity contribution in [2.24, 2.45) is 0 Å². The van der Waals surface area contributed by atoms with Crippen LogP contribution in [0, 0.1) is 0 Å². The van der Waals surface area contributed by atoms with Crippen molar-refractivity contribution in [2.75, 3.05) is 28.3 Å². The van der Waals surface area contributed by atoms with Gasteiger partial charge in [-0.2, -0.15) is 0 Å². The minimum Gasteiger partial charge on any atom is -0.496 e. The van der Waals surface area contributed by atoms with E-state index in [-0.39, 0.29) is 22.0 Å². The lowest BCUT2D eigenvalue weighted by Gasteiger charge is -2.20. The fraction of sp³-hybridized carbons (Fsp3) is 0.278. The summed E-state index contributed by atoms with van der Waals surface area (Å²) in [5, 5.41) is 0.686. The minimum absolute atomic E-state index is 0.00557. The summed E-state index contributed by atoms with van der Waals surface area (Å²) in [7, 11) is 2.27. The van der Waals surface area contributed by atoms with Gasteiger partial charge in [0.2, 0.25) is 10.0 Å². The molecule has 0 bridgehead atoms. The molecule has 0 N–H and O–H groups in total. The van der Waals surface area contributed by atoms with E-state index in [1.807, 2.05) is 0 Å². The van der Waals surface area contributed by atoms with Gasteiger partial charge in [-0.15, -0.1) is 0 Å². The highest BCUT2D eigenvalue weighted by Crippen LogP contribution is 2.26. The molecule has 6 nitrogen and oxygen atoms in total. The van der Waals surface area contributed by atoms with E-state index < -0.39 is 15.9 Å². The zero-order valence-corrected chi connectivity index (χ0v) is 17.7. The number of carbonyl (C=O) groups excluding carboxylic acids is 1. The van der Waals surface area contributed by atoms with Crippen molar-refractivity contribution in [2.45, 2.75) is 11.4 Å². The maximum Gasteiger partial charge on any atom is 0.255 e. The van der Waals surface area contributed by atoms with Crippen LogP contribution in [0.5, 0.6) is 5.75 Å². The highest BCUT2D eigenvalue weighted by Gasteiger charge is 2.23. The van der Waals surface area contributed by atoms with Crippen LogP contribution < -0.4 is 4.74 Å². The van der Waals surface area contributed by atoms with E-state index >= 15 is 0 Å². The van der Waals surface area contributed by atoms with Gasteiger partial charge >= 0.3 is 0 Å². The Morgan fingerprint density at radius 1 is 1.07 bits per heavy atom. The summed E-state index contributed by atoms with van der Waals surface area (Å²) >= 11 is 12.2. The van der Waals surface area contributed by atoms with Gasteiger partial charge in [0, 0.05) is 38.3 Å². The Hall–Kier alpha value is -1.80. The molecule has 1 amide bonds. The van der Waals surface area contributed by atoms with Crippen molar-refractivity contribution >= 4 is 39.1 Å². The van der Waals surface area contributed by atoms with Gasteiger partial charge in [0.25, 0.3) is 5.91 Å². The van der Waals surface area contributed by atoms with Crippen LogP contribution in [0.1, 0.15) is 15.9 Å². The van der Waals surface area contributed by atoms with Crippen molar-refractivity contribution in [1.82, 2.24) is 9.21 Å². The lowest BCUT2D eigenvalue weighted by Crippen LogP contribution is -2.27. The standard InChI is InChI=1S/C18H20Cl2N2O4S/c1-21(2)27(24,25)14-6-7-16(20)15(10-14)18(23)22(3)11-12-9-13(19)5-8-17(12)26-4/h5-10H,11H2,1-4H3. The van der Waals surface area contributed by atoms with Crippen LogP contribution >= 0.6 is 23.2 Å². The third-order valence-corrected chi connectivity index (χ3v) is 6.32. The van der Waals surface area contributed by atoms with Gasteiger partial charge < -0.3 is 9.64 Å². The molecule has 27 heavy (non-hydrogen) atoms. The van der Waals surface area contributed by atoms with Crippen LogP contribution in [0.3, 0.4) is 0 Å². The number of methoxy groups -OCH3 is 1. The Morgan fingerprint density at radius 2 is 1.74 bits per heavy atom. The largest absolute Gasteiger partial charge is 0.496 e. The number of rotatable bonds is 6. The maximum atomic E-state index is 12.9. The van der Waals surface area contributed by atoms with Gasteiger partial charge in [-0.25, -0.2) is 12.7 Å². The third-order valence-electron chi connectivity index (χ3n) is 3.94. The van der Waals surface area contributed by atoms with Crippen LogP contribution in [0.4, 0.5) is 0 Å². The van der Waals surface area contributed by atoms with E-state index in [1.165, 1.54) is 44.3 Å². The second-order valence-electron chi connectivity index (χ2n) is 6.05. The molecular weight excluding hydrogens is 411 g/mol. The molecule has 0 aliphatic heterocycles. The topological polar surface area (TPSA) is 66.9 Å². The molecule has 0 atom stereocenters. The first kappa shape index (κ1) is 21.5. The van der Waals surface area contributed by atoms with Crippen molar-refractivity contribution in [3.63, 3.8) is 0 Å². The zero-order valence-electron chi connectivity index (χ0n) is 15.4. The SMILES string of the molecule is COc1ccc(Cl)cc1CN(C)C(=O)c1cc(S(=O)(=O)N(C)C)ccc1Cl. The molecule has 0 saturated heterocycles. The molecule has 2 aromatic rings. The fourth-order valence-electron chi connectivity index (χ4n) is 2.44. The maximum absolute atomic E-state index is 12.9. The Kier molecular flexibility index (Phi) is 6.75. The lowest BCUT2D eigenvalue weighted by molar-refractivity contribution is 0.0784. The molecule has 0 saturated carbocycles. The van der Waals surface area contributed by atoms with Crippen LogP contribution in [0.15, 0.2) is 41.3 Å². The number of sulfonamides is 1. The summed E-state index contributed by atoms with van der Waals surface area (Å²) in [5.41, 5.74) is 0.817. The summed E-state index contributed by atoms with van der Waals surface area (Å²) in [6, 6.07) is 9.17. The number of nitrogens with zero attached hydrogens (tertiary/aromatic N) is 2. The number of ether oxygens (including phenoxy) is 1. The summed E-state index contributed by atoms with van der Waals surface area (Å²) in [5.74, 6) is 0.173. The Balaban J connectivity index is 2.36. The fourth-order valence-corrected chi connectivity index (χ4v) is 3.76. The second-order valence-corrected chi connectivity index (χ2v) is 9.04. The van der Waals surface area contributed by atoms with Gasteiger partial charge in [0.15, 0.2) is 0 Å². The van der Waals surface area contributed by atoms with Crippen molar-refractivity contribution in [1.29, 1.82) is 0 Å². The Labute approximate surface area is 169 Å². The molecule has 0 spiro atoms. The molecule has 2 aromatic carbocycles. The molecule has 146 valence electrons. The average molecular weight is 431 g/mol. The second kappa shape index (κ2) is 8.48. The first-order valence-corrected chi connectivity index (χ1v) is 10.1. The van der Waals surface area contributed by atoms with Crippen LogP contribution in [0.25, 0.3) is 0 Å². The Morgan fingerprint density at radius 3 is 2.33 bits per heavy atom. The van der Waals surface area contributed by atoms with E-state index in [0.29, 0.717) is 16.3 Å². The summed E-state index contributed by atoms with van der Waals surface area (Å²) in [6.45, 7) is 0.212. The molecule has 9 heteroatoms. The summed E-state index contributed by atoms with van der Waals surface area (Å²) in [6.07, 6.45) is 0. The van der Waals surface area contributed by atoms with E-state index in [1.54, 1.807) is 25.2 Å². The monoisotopic (exact) mass is 430 g/mol. The van der Waals surface area contributed by atoms with E-state index in [2.05, 4.69) is 0 Å².